The van der Waals surface area contributed by atoms with Crippen LogP contribution in [0.15, 0.2) is 18.2 Å². The lowest BCUT2D eigenvalue weighted by Crippen LogP contribution is -2.41. The number of rotatable bonds is 3. The minimum absolute atomic E-state index is 0.00717. The maximum atomic E-state index is 12.7. The van der Waals surface area contributed by atoms with Crippen molar-refractivity contribution in [2.75, 3.05) is 5.32 Å². The second-order valence-electron chi connectivity index (χ2n) is 6.84. The van der Waals surface area contributed by atoms with E-state index < -0.39 is 5.41 Å². The van der Waals surface area contributed by atoms with Crippen molar-refractivity contribution in [2.24, 2.45) is 5.41 Å². The van der Waals surface area contributed by atoms with Crippen LogP contribution in [0.4, 0.5) is 5.69 Å². The lowest BCUT2D eigenvalue weighted by atomic mass is 9.75. The van der Waals surface area contributed by atoms with Gasteiger partial charge in [0.05, 0.1) is 22.6 Å². The number of aromatic amines is 1. The minimum Gasteiger partial charge on any atom is -0.374 e. The number of amides is 1. The van der Waals surface area contributed by atoms with Gasteiger partial charge in [0.15, 0.2) is 5.82 Å². The van der Waals surface area contributed by atoms with Gasteiger partial charge >= 0.3 is 0 Å². The van der Waals surface area contributed by atoms with Crippen LogP contribution < -0.4 is 5.32 Å². The van der Waals surface area contributed by atoms with E-state index in [9.17, 15) is 4.79 Å². The molecule has 0 spiro atoms. The van der Waals surface area contributed by atoms with Crippen LogP contribution >= 0.6 is 11.6 Å². The van der Waals surface area contributed by atoms with E-state index in [1.807, 2.05) is 26.0 Å². The predicted molar refractivity (Wildman–Crippen MR) is 90.8 cm³/mol. The smallest absolute Gasteiger partial charge is 0.233 e. The lowest BCUT2D eigenvalue weighted by molar-refractivity contribution is -0.127. The maximum absolute atomic E-state index is 12.7. The van der Waals surface area contributed by atoms with Crippen LogP contribution in [0.2, 0.25) is 5.02 Å². The third-order valence-corrected chi connectivity index (χ3v) is 5.37. The van der Waals surface area contributed by atoms with Crippen LogP contribution in [0.25, 0.3) is 11.4 Å². The molecule has 1 aromatic carbocycles. The van der Waals surface area contributed by atoms with Gasteiger partial charge < -0.3 is 10.1 Å². The van der Waals surface area contributed by atoms with Crippen molar-refractivity contribution in [3.05, 3.63) is 29.0 Å². The Kier molecular flexibility index (Phi) is 3.62. The van der Waals surface area contributed by atoms with Gasteiger partial charge in [-0.3, -0.25) is 9.89 Å². The first-order chi connectivity index (χ1) is 11.5. The number of carbonyl (C=O) groups is 1. The number of benzene rings is 1. The molecule has 0 saturated carbocycles. The van der Waals surface area contributed by atoms with E-state index in [0.717, 1.165) is 30.7 Å². The number of carbonyl (C=O) groups excluding carboxylic acids is 1. The molecular weight excluding hydrogens is 328 g/mol. The molecule has 2 aliphatic heterocycles. The van der Waals surface area contributed by atoms with E-state index in [1.54, 1.807) is 6.07 Å². The summed E-state index contributed by atoms with van der Waals surface area (Å²) in [4.78, 5) is 17.0. The molecule has 2 aromatic rings. The fourth-order valence-electron chi connectivity index (χ4n) is 3.68. The highest BCUT2D eigenvalue weighted by Crippen LogP contribution is 2.48. The normalized spacial score (nSPS) is 28.3. The highest BCUT2D eigenvalue weighted by atomic mass is 35.5. The SMILES string of the molecule is Cc1nc(-c2ccc(NC(=O)C3(C)CC4CCC3O4)cc2Cl)n[nH]1. The lowest BCUT2D eigenvalue weighted by Gasteiger charge is -2.29. The van der Waals surface area contributed by atoms with Crippen molar-refractivity contribution in [3.63, 3.8) is 0 Å². The molecule has 126 valence electrons. The Balaban J connectivity index is 1.53. The standard InChI is InChI=1S/C17H19ClN4O2/c1-9-19-15(22-21-9)12-5-3-10(7-13(12)18)20-16(23)17(2)8-11-4-6-14(17)24-11/h3,5,7,11,14H,4,6,8H2,1-2H3,(H,20,23)(H,19,21,22). The van der Waals surface area contributed by atoms with E-state index in [-0.39, 0.29) is 18.1 Å². The molecule has 2 N–H and O–H groups in total. The summed E-state index contributed by atoms with van der Waals surface area (Å²) in [7, 11) is 0. The van der Waals surface area contributed by atoms with Crippen LogP contribution in [0.1, 0.15) is 32.0 Å². The Labute approximate surface area is 145 Å². The summed E-state index contributed by atoms with van der Waals surface area (Å²) in [6, 6.07) is 5.38. The van der Waals surface area contributed by atoms with Gasteiger partial charge in [0.2, 0.25) is 5.91 Å². The molecule has 7 heteroatoms. The molecule has 3 heterocycles. The number of nitrogens with zero attached hydrogens (tertiary/aromatic N) is 2. The van der Waals surface area contributed by atoms with Gasteiger partial charge in [-0.05, 0) is 51.3 Å². The molecule has 3 unspecified atom stereocenters. The monoisotopic (exact) mass is 346 g/mol. The van der Waals surface area contributed by atoms with Gasteiger partial charge in [-0.1, -0.05) is 11.6 Å². The fourth-order valence-corrected chi connectivity index (χ4v) is 3.94. The Morgan fingerprint density at radius 2 is 2.29 bits per heavy atom. The predicted octanol–water partition coefficient (Wildman–Crippen LogP) is 3.33. The maximum Gasteiger partial charge on any atom is 0.233 e. The second-order valence-corrected chi connectivity index (χ2v) is 7.25. The summed E-state index contributed by atoms with van der Waals surface area (Å²) in [6.45, 7) is 3.82. The van der Waals surface area contributed by atoms with E-state index in [1.165, 1.54) is 0 Å². The molecule has 2 bridgehead atoms. The number of aromatic nitrogens is 3. The number of H-pyrrole nitrogens is 1. The molecule has 2 fully saturated rings. The second kappa shape index (κ2) is 5.57. The average Bonchev–Trinajstić information content (AvgIpc) is 3.23. The van der Waals surface area contributed by atoms with E-state index in [4.69, 9.17) is 16.3 Å². The molecule has 1 aromatic heterocycles. The van der Waals surface area contributed by atoms with Crippen molar-refractivity contribution < 1.29 is 9.53 Å². The third kappa shape index (κ3) is 2.50. The van der Waals surface area contributed by atoms with Crippen LogP contribution in [0, 0.1) is 12.3 Å². The van der Waals surface area contributed by atoms with Crippen molar-refractivity contribution in [1.29, 1.82) is 0 Å². The number of hydrogen-bond acceptors (Lipinski definition) is 4. The van der Waals surface area contributed by atoms with Crippen molar-refractivity contribution in [1.82, 2.24) is 15.2 Å². The van der Waals surface area contributed by atoms with Gasteiger partial charge in [0.25, 0.3) is 0 Å². The summed E-state index contributed by atoms with van der Waals surface area (Å²) in [5.74, 6) is 1.26. The largest absolute Gasteiger partial charge is 0.374 e. The molecule has 0 radical (unpaired) electrons. The Bertz CT molecular complexity index is 806. The molecule has 24 heavy (non-hydrogen) atoms. The summed E-state index contributed by atoms with van der Waals surface area (Å²) >= 11 is 6.34. The molecule has 1 amide bonds. The number of ether oxygens (including phenoxy) is 1. The van der Waals surface area contributed by atoms with E-state index in [0.29, 0.717) is 16.5 Å². The Morgan fingerprint density at radius 3 is 2.88 bits per heavy atom. The van der Waals surface area contributed by atoms with Gasteiger partial charge in [-0.25, -0.2) is 4.98 Å². The van der Waals surface area contributed by atoms with Crippen molar-refractivity contribution in [3.8, 4) is 11.4 Å². The zero-order chi connectivity index (χ0) is 16.9. The number of aryl methyl sites for hydroxylation is 1. The fraction of sp³-hybridized carbons (Fsp3) is 0.471. The number of nitrogens with one attached hydrogen (secondary N) is 2. The first-order valence-electron chi connectivity index (χ1n) is 8.11. The highest BCUT2D eigenvalue weighted by molar-refractivity contribution is 6.33. The Morgan fingerprint density at radius 1 is 1.46 bits per heavy atom. The van der Waals surface area contributed by atoms with Crippen LogP contribution in [-0.2, 0) is 9.53 Å². The molecular formula is C17H19ClN4O2. The number of anilines is 1. The van der Waals surface area contributed by atoms with Crippen LogP contribution in [-0.4, -0.2) is 33.3 Å². The molecule has 2 saturated heterocycles. The molecule has 0 aliphatic carbocycles. The van der Waals surface area contributed by atoms with E-state index in [2.05, 4.69) is 20.5 Å². The first kappa shape index (κ1) is 15.6. The van der Waals surface area contributed by atoms with Crippen molar-refractivity contribution in [2.45, 2.75) is 45.3 Å². The molecule has 4 rings (SSSR count). The van der Waals surface area contributed by atoms with E-state index >= 15 is 0 Å². The van der Waals surface area contributed by atoms with Crippen molar-refractivity contribution >= 4 is 23.2 Å². The average molecular weight is 347 g/mol. The number of halogens is 1. The molecule has 2 aliphatic rings. The summed E-state index contributed by atoms with van der Waals surface area (Å²) in [6.07, 6.45) is 3.05. The Hall–Kier alpha value is -1.92. The zero-order valence-electron chi connectivity index (χ0n) is 13.6. The molecule has 3 atom stereocenters. The van der Waals surface area contributed by atoms with Gasteiger partial charge in [-0.2, -0.15) is 5.10 Å². The third-order valence-electron chi connectivity index (χ3n) is 5.05. The summed E-state index contributed by atoms with van der Waals surface area (Å²) in [5.41, 5.74) is 0.938. The molecule has 6 nitrogen and oxygen atoms in total. The number of hydrogen-bond donors (Lipinski definition) is 2. The van der Waals surface area contributed by atoms with Gasteiger partial charge in [-0.15, -0.1) is 0 Å². The minimum atomic E-state index is -0.463. The van der Waals surface area contributed by atoms with Gasteiger partial charge in [0, 0.05) is 11.3 Å². The van der Waals surface area contributed by atoms with Crippen LogP contribution in [0.5, 0.6) is 0 Å². The summed E-state index contributed by atoms with van der Waals surface area (Å²) in [5, 5.41) is 10.4. The quantitative estimate of drug-likeness (QED) is 0.893. The highest BCUT2D eigenvalue weighted by Gasteiger charge is 2.53. The van der Waals surface area contributed by atoms with Crippen LogP contribution in [0.3, 0.4) is 0 Å². The first-order valence-corrected chi connectivity index (χ1v) is 8.49. The number of fused-ring (bicyclic) bond motifs is 2. The zero-order valence-corrected chi connectivity index (χ0v) is 14.4. The van der Waals surface area contributed by atoms with Gasteiger partial charge in [0.1, 0.15) is 5.82 Å². The summed E-state index contributed by atoms with van der Waals surface area (Å²) < 4.78 is 5.84. The topological polar surface area (TPSA) is 79.9 Å².